The van der Waals surface area contributed by atoms with Crippen LogP contribution in [-0.2, 0) is 16.1 Å². The van der Waals surface area contributed by atoms with E-state index in [9.17, 15) is 14.7 Å². The zero-order valence-electron chi connectivity index (χ0n) is 18.1. The molecular formula is C25H25N3O4. The van der Waals surface area contributed by atoms with Crippen LogP contribution in [0.15, 0.2) is 72.8 Å². The normalized spacial score (nSPS) is 17.7. The maximum absolute atomic E-state index is 13.1. The molecule has 0 spiro atoms. The van der Waals surface area contributed by atoms with Crippen molar-refractivity contribution in [2.24, 2.45) is 0 Å². The van der Waals surface area contributed by atoms with Gasteiger partial charge in [-0.1, -0.05) is 42.0 Å². The lowest BCUT2D eigenvalue weighted by Gasteiger charge is -2.25. The standard InChI is InChI=1S/C25H25N3O4/c1-17-7-9-18(10-8-17)22-21(23(29)19-5-3-6-20(15-19)32-2)24(30)25(31)28(22)13-4-12-27-14-11-26-16-27/h3,5-11,14-16,22,29H,4,12-13H2,1-2H3/t22-/m1/s1. The van der Waals surface area contributed by atoms with Crippen LogP contribution in [0.4, 0.5) is 0 Å². The summed E-state index contributed by atoms with van der Waals surface area (Å²) in [5.74, 6) is -0.940. The molecule has 7 heteroatoms. The van der Waals surface area contributed by atoms with Gasteiger partial charge < -0.3 is 19.3 Å². The first kappa shape index (κ1) is 21.4. The number of methoxy groups -OCH3 is 1. The molecule has 3 aromatic rings. The van der Waals surface area contributed by atoms with Crippen LogP contribution < -0.4 is 4.74 Å². The molecule has 164 valence electrons. The number of ether oxygens (including phenoxy) is 1. The maximum Gasteiger partial charge on any atom is 0.295 e. The first-order valence-electron chi connectivity index (χ1n) is 10.4. The van der Waals surface area contributed by atoms with Gasteiger partial charge in [0.1, 0.15) is 11.5 Å². The Hall–Kier alpha value is -3.87. The fraction of sp³-hybridized carbons (Fsp3) is 0.240. The van der Waals surface area contributed by atoms with E-state index in [1.165, 1.54) is 7.11 Å². The van der Waals surface area contributed by atoms with Gasteiger partial charge in [-0.15, -0.1) is 0 Å². The summed E-state index contributed by atoms with van der Waals surface area (Å²) in [5, 5.41) is 11.1. The molecule has 2 heterocycles. The number of aromatic nitrogens is 2. The smallest absolute Gasteiger partial charge is 0.295 e. The lowest BCUT2D eigenvalue weighted by atomic mass is 9.94. The molecule has 1 N–H and O–H groups in total. The highest BCUT2D eigenvalue weighted by atomic mass is 16.5. The van der Waals surface area contributed by atoms with Gasteiger partial charge in [-0.3, -0.25) is 9.59 Å². The van der Waals surface area contributed by atoms with Crippen molar-refractivity contribution in [3.05, 3.63) is 89.5 Å². The number of hydrogen-bond acceptors (Lipinski definition) is 5. The zero-order chi connectivity index (χ0) is 22.7. The molecule has 0 aliphatic carbocycles. The first-order chi connectivity index (χ1) is 15.5. The average Bonchev–Trinajstić information content (AvgIpc) is 3.41. The molecule has 4 rings (SSSR count). The number of aliphatic hydroxyl groups excluding tert-OH is 1. The van der Waals surface area contributed by atoms with E-state index in [4.69, 9.17) is 4.74 Å². The number of ketones is 1. The Bertz CT molecular complexity index is 1150. The Labute approximate surface area is 186 Å². The largest absolute Gasteiger partial charge is 0.507 e. The highest BCUT2D eigenvalue weighted by molar-refractivity contribution is 6.46. The van der Waals surface area contributed by atoms with Crippen LogP contribution in [0.25, 0.3) is 5.76 Å². The van der Waals surface area contributed by atoms with E-state index in [1.54, 1.807) is 41.7 Å². The Kier molecular flexibility index (Phi) is 6.07. The van der Waals surface area contributed by atoms with Gasteiger partial charge >= 0.3 is 0 Å². The molecule has 0 saturated carbocycles. The summed E-state index contributed by atoms with van der Waals surface area (Å²) in [5.41, 5.74) is 2.37. The Balaban J connectivity index is 1.73. The summed E-state index contributed by atoms with van der Waals surface area (Å²) in [6.45, 7) is 3.01. The van der Waals surface area contributed by atoms with E-state index in [0.29, 0.717) is 30.8 Å². The van der Waals surface area contributed by atoms with Crippen LogP contribution in [-0.4, -0.2) is 44.9 Å². The second kappa shape index (κ2) is 9.09. The summed E-state index contributed by atoms with van der Waals surface area (Å²) in [6, 6.07) is 13.8. The molecule has 0 unspecified atom stereocenters. The van der Waals surface area contributed by atoms with Gasteiger partial charge in [0.25, 0.3) is 11.7 Å². The van der Waals surface area contributed by atoms with Crippen LogP contribution in [0.1, 0.15) is 29.2 Å². The van der Waals surface area contributed by atoms with Gasteiger partial charge in [-0.05, 0) is 31.0 Å². The van der Waals surface area contributed by atoms with Crippen LogP contribution >= 0.6 is 0 Å². The monoisotopic (exact) mass is 431 g/mol. The van der Waals surface area contributed by atoms with Crippen LogP contribution in [0.5, 0.6) is 5.75 Å². The maximum atomic E-state index is 13.1. The third-order valence-electron chi connectivity index (χ3n) is 5.65. The fourth-order valence-corrected chi connectivity index (χ4v) is 3.97. The van der Waals surface area contributed by atoms with Crippen molar-refractivity contribution in [1.29, 1.82) is 0 Å². The van der Waals surface area contributed by atoms with Gasteiger partial charge in [0.2, 0.25) is 0 Å². The summed E-state index contributed by atoms with van der Waals surface area (Å²) >= 11 is 0. The molecule has 1 atom stereocenters. The van der Waals surface area contributed by atoms with E-state index in [1.807, 2.05) is 42.0 Å². The minimum absolute atomic E-state index is 0.0923. The van der Waals surface area contributed by atoms with Crippen molar-refractivity contribution in [2.45, 2.75) is 25.9 Å². The predicted molar refractivity (Wildman–Crippen MR) is 120 cm³/mol. The summed E-state index contributed by atoms with van der Waals surface area (Å²) in [4.78, 5) is 31.7. The Morgan fingerprint density at radius 1 is 1.12 bits per heavy atom. The topological polar surface area (TPSA) is 84.7 Å². The molecule has 1 saturated heterocycles. The number of carbonyl (C=O) groups is 2. The van der Waals surface area contributed by atoms with E-state index >= 15 is 0 Å². The van der Waals surface area contributed by atoms with Crippen molar-refractivity contribution in [3.8, 4) is 5.75 Å². The Morgan fingerprint density at radius 2 is 1.91 bits per heavy atom. The van der Waals surface area contributed by atoms with Crippen molar-refractivity contribution < 1.29 is 19.4 Å². The highest BCUT2D eigenvalue weighted by Crippen LogP contribution is 2.39. The predicted octanol–water partition coefficient (Wildman–Crippen LogP) is 3.71. The molecule has 1 aliphatic heterocycles. The number of benzene rings is 2. The number of aliphatic hydroxyl groups is 1. The molecule has 32 heavy (non-hydrogen) atoms. The molecular weight excluding hydrogens is 406 g/mol. The minimum atomic E-state index is -0.682. The zero-order valence-corrected chi connectivity index (χ0v) is 18.1. The van der Waals surface area contributed by atoms with Gasteiger partial charge in [0.15, 0.2) is 0 Å². The third-order valence-corrected chi connectivity index (χ3v) is 5.65. The molecule has 1 fully saturated rings. The third kappa shape index (κ3) is 4.14. The van der Waals surface area contributed by atoms with E-state index in [2.05, 4.69) is 4.98 Å². The van der Waals surface area contributed by atoms with Crippen molar-refractivity contribution >= 4 is 17.4 Å². The van der Waals surface area contributed by atoms with Crippen molar-refractivity contribution in [3.63, 3.8) is 0 Å². The second-order valence-corrected chi connectivity index (χ2v) is 7.79. The Morgan fingerprint density at radius 3 is 2.59 bits per heavy atom. The highest BCUT2D eigenvalue weighted by Gasteiger charge is 2.45. The number of hydrogen-bond donors (Lipinski definition) is 1. The van der Waals surface area contributed by atoms with Crippen LogP contribution in [0.3, 0.4) is 0 Å². The van der Waals surface area contributed by atoms with Crippen molar-refractivity contribution in [1.82, 2.24) is 14.5 Å². The van der Waals surface area contributed by atoms with Gasteiger partial charge in [0.05, 0.1) is 25.1 Å². The van der Waals surface area contributed by atoms with Crippen LogP contribution in [0, 0.1) is 6.92 Å². The molecule has 0 radical (unpaired) electrons. The number of imidazole rings is 1. The molecule has 1 aromatic heterocycles. The molecule has 1 amide bonds. The number of Topliss-reactive ketones (excluding diaryl/α,β-unsaturated/α-hetero) is 1. The number of aryl methyl sites for hydroxylation is 2. The lowest BCUT2D eigenvalue weighted by molar-refractivity contribution is -0.139. The molecule has 1 aliphatic rings. The lowest BCUT2D eigenvalue weighted by Crippen LogP contribution is -2.31. The number of rotatable bonds is 7. The summed E-state index contributed by atoms with van der Waals surface area (Å²) < 4.78 is 7.17. The second-order valence-electron chi connectivity index (χ2n) is 7.79. The number of carbonyl (C=O) groups excluding carboxylic acids is 2. The molecule has 0 bridgehead atoms. The fourth-order valence-electron chi connectivity index (χ4n) is 3.97. The molecule has 2 aromatic carbocycles. The number of likely N-dealkylation sites (tertiary alicyclic amines) is 1. The first-order valence-corrected chi connectivity index (χ1v) is 10.4. The van der Waals surface area contributed by atoms with E-state index in [-0.39, 0.29) is 11.3 Å². The van der Waals surface area contributed by atoms with Crippen molar-refractivity contribution in [2.75, 3.05) is 13.7 Å². The van der Waals surface area contributed by atoms with Gasteiger partial charge in [0, 0.05) is 31.0 Å². The van der Waals surface area contributed by atoms with E-state index in [0.717, 1.165) is 11.1 Å². The molecule has 7 nitrogen and oxygen atoms in total. The van der Waals surface area contributed by atoms with E-state index < -0.39 is 17.7 Å². The minimum Gasteiger partial charge on any atom is -0.507 e. The average molecular weight is 431 g/mol. The quantitative estimate of drug-likeness (QED) is 0.350. The summed E-state index contributed by atoms with van der Waals surface area (Å²) in [7, 11) is 1.53. The van der Waals surface area contributed by atoms with Crippen LogP contribution in [0.2, 0.25) is 0 Å². The number of nitrogens with zero attached hydrogens (tertiary/aromatic N) is 3. The van der Waals surface area contributed by atoms with Gasteiger partial charge in [-0.25, -0.2) is 4.98 Å². The number of amides is 1. The SMILES string of the molecule is COc1cccc(C(O)=C2C(=O)C(=O)N(CCCn3ccnc3)[C@@H]2c2ccc(C)cc2)c1. The van der Waals surface area contributed by atoms with Gasteiger partial charge in [-0.2, -0.15) is 0 Å². The summed E-state index contributed by atoms with van der Waals surface area (Å²) in [6.07, 6.45) is 5.92.